The Hall–Kier alpha value is -0.620. The Morgan fingerprint density at radius 3 is 3.10 bits per heavy atom. The zero-order valence-electron chi connectivity index (χ0n) is 12.6. The van der Waals surface area contributed by atoms with Crippen LogP contribution in [0.15, 0.2) is 22.7 Å². The summed E-state index contributed by atoms with van der Waals surface area (Å²) in [7, 11) is 1.69. The Morgan fingerprint density at radius 2 is 2.33 bits per heavy atom. The molecular formula is C16H24BrNO3. The largest absolute Gasteiger partial charge is 0.497 e. The van der Waals surface area contributed by atoms with Crippen LogP contribution < -0.4 is 10.1 Å². The fraction of sp³-hybridized carbons (Fsp3) is 0.625. The van der Waals surface area contributed by atoms with Crippen LogP contribution in [-0.2, 0) is 16.0 Å². The number of hydrogen-bond donors (Lipinski definition) is 1. The van der Waals surface area contributed by atoms with Crippen LogP contribution in [0.3, 0.4) is 0 Å². The van der Waals surface area contributed by atoms with Crippen LogP contribution in [0.2, 0.25) is 0 Å². The number of hydrogen-bond acceptors (Lipinski definition) is 4. The third kappa shape index (κ3) is 5.94. The molecule has 1 aliphatic rings. The zero-order valence-corrected chi connectivity index (χ0v) is 14.2. The second kappa shape index (κ2) is 9.41. The molecule has 0 bridgehead atoms. The van der Waals surface area contributed by atoms with Crippen molar-refractivity contribution in [3.8, 4) is 5.75 Å². The van der Waals surface area contributed by atoms with Gasteiger partial charge in [-0.15, -0.1) is 0 Å². The Morgan fingerprint density at radius 1 is 1.43 bits per heavy atom. The van der Waals surface area contributed by atoms with Gasteiger partial charge in [-0.1, -0.05) is 15.9 Å². The third-order valence-electron chi connectivity index (χ3n) is 3.54. The van der Waals surface area contributed by atoms with E-state index >= 15 is 0 Å². The first kappa shape index (κ1) is 16.7. The molecule has 0 radical (unpaired) electrons. The van der Waals surface area contributed by atoms with E-state index in [0.717, 1.165) is 56.0 Å². The summed E-state index contributed by atoms with van der Waals surface area (Å²) in [5, 5.41) is 3.43. The number of benzene rings is 1. The molecule has 21 heavy (non-hydrogen) atoms. The van der Waals surface area contributed by atoms with Gasteiger partial charge in [0.25, 0.3) is 0 Å². The second-order valence-electron chi connectivity index (χ2n) is 5.20. The molecule has 0 spiro atoms. The van der Waals surface area contributed by atoms with Crippen molar-refractivity contribution < 1.29 is 14.2 Å². The molecule has 1 fully saturated rings. The molecule has 0 aromatic heterocycles. The Kier molecular flexibility index (Phi) is 7.50. The first-order valence-corrected chi connectivity index (χ1v) is 8.31. The van der Waals surface area contributed by atoms with Gasteiger partial charge in [-0.2, -0.15) is 0 Å². The maximum Gasteiger partial charge on any atom is 0.119 e. The van der Waals surface area contributed by atoms with Crippen LogP contribution in [0.1, 0.15) is 24.8 Å². The van der Waals surface area contributed by atoms with Crippen molar-refractivity contribution in [3.63, 3.8) is 0 Å². The number of nitrogens with one attached hydrogen (secondary N) is 1. The predicted molar refractivity (Wildman–Crippen MR) is 86.8 cm³/mol. The van der Waals surface area contributed by atoms with Crippen LogP contribution in [0, 0.1) is 0 Å². The van der Waals surface area contributed by atoms with Crippen LogP contribution in [-0.4, -0.2) is 39.6 Å². The molecule has 4 nitrogen and oxygen atoms in total. The summed E-state index contributed by atoms with van der Waals surface area (Å²) in [4.78, 5) is 0. The van der Waals surface area contributed by atoms with Gasteiger partial charge in [-0.3, -0.25) is 0 Å². The van der Waals surface area contributed by atoms with E-state index in [2.05, 4.69) is 21.2 Å². The van der Waals surface area contributed by atoms with Gasteiger partial charge < -0.3 is 19.5 Å². The minimum atomic E-state index is 0.325. The third-order valence-corrected chi connectivity index (χ3v) is 4.31. The fourth-order valence-corrected chi connectivity index (χ4v) is 2.71. The van der Waals surface area contributed by atoms with E-state index in [4.69, 9.17) is 14.2 Å². The highest BCUT2D eigenvalue weighted by Gasteiger charge is 2.14. The second-order valence-corrected chi connectivity index (χ2v) is 6.05. The Labute approximate surface area is 135 Å². The number of halogens is 1. The fourth-order valence-electron chi connectivity index (χ4n) is 2.33. The van der Waals surface area contributed by atoms with Gasteiger partial charge in [0.1, 0.15) is 5.75 Å². The van der Waals surface area contributed by atoms with E-state index in [0.29, 0.717) is 6.10 Å². The molecule has 1 aliphatic heterocycles. The predicted octanol–water partition coefficient (Wildman–Crippen LogP) is 3.13. The van der Waals surface area contributed by atoms with Gasteiger partial charge in [-0.05, 0) is 49.6 Å². The van der Waals surface area contributed by atoms with E-state index in [9.17, 15) is 0 Å². The van der Waals surface area contributed by atoms with E-state index in [1.54, 1.807) is 7.11 Å². The lowest BCUT2D eigenvalue weighted by Crippen LogP contribution is -2.19. The van der Waals surface area contributed by atoms with Gasteiger partial charge in [0, 0.05) is 24.2 Å². The van der Waals surface area contributed by atoms with Gasteiger partial charge >= 0.3 is 0 Å². The SMILES string of the molecule is COc1ccc(Br)c(CNCCCOCC2CCCO2)c1. The Balaban J connectivity index is 1.55. The lowest BCUT2D eigenvalue weighted by molar-refractivity contribution is 0.0166. The number of rotatable bonds is 9. The summed E-state index contributed by atoms with van der Waals surface area (Å²) in [6.07, 6.45) is 3.65. The quantitative estimate of drug-likeness (QED) is 0.689. The van der Waals surface area contributed by atoms with Gasteiger partial charge in [0.2, 0.25) is 0 Å². The molecular weight excluding hydrogens is 334 g/mol. The van der Waals surface area contributed by atoms with Crippen molar-refractivity contribution in [1.82, 2.24) is 5.32 Å². The molecule has 0 saturated carbocycles. The van der Waals surface area contributed by atoms with E-state index in [1.165, 1.54) is 12.0 Å². The molecule has 1 saturated heterocycles. The molecule has 0 amide bonds. The Bertz CT molecular complexity index is 422. The highest BCUT2D eigenvalue weighted by Crippen LogP contribution is 2.22. The van der Waals surface area contributed by atoms with Crippen molar-refractivity contribution in [3.05, 3.63) is 28.2 Å². The highest BCUT2D eigenvalue weighted by molar-refractivity contribution is 9.10. The van der Waals surface area contributed by atoms with Crippen LogP contribution in [0.25, 0.3) is 0 Å². The zero-order chi connectivity index (χ0) is 14.9. The summed E-state index contributed by atoms with van der Waals surface area (Å²) in [6, 6.07) is 6.01. The van der Waals surface area contributed by atoms with Crippen LogP contribution in [0.4, 0.5) is 0 Å². The average molecular weight is 358 g/mol. The minimum absolute atomic E-state index is 0.325. The smallest absolute Gasteiger partial charge is 0.119 e. The van der Waals surface area contributed by atoms with Gasteiger partial charge in [-0.25, -0.2) is 0 Å². The van der Waals surface area contributed by atoms with Crippen molar-refractivity contribution in [2.75, 3.05) is 33.5 Å². The van der Waals surface area contributed by atoms with Crippen LogP contribution in [0.5, 0.6) is 5.75 Å². The standard InChI is InChI=1S/C16H24BrNO3/c1-19-14-5-6-16(17)13(10-14)11-18-7-3-8-20-12-15-4-2-9-21-15/h5-6,10,15,18H,2-4,7-9,11-12H2,1H3. The monoisotopic (exact) mass is 357 g/mol. The first-order chi connectivity index (χ1) is 10.3. The van der Waals surface area contributed by atoms with Crippen LogP contribution >= 0.6 is 15.9 Å². The van der Waals surface area contributed by atoms with E-state index in [1.807, 2.05) is 18.2 Å². The summed E-state index contributed by atoms with van der Waals surface area (Å²) < 4.78 is 17.5. The molecule has 1 aromatic carbocycles. The topological polar surface area (TPSA) is 39.7 Å². The summed E-state index contributed by atoms with van der Waals surface area (Å²) in [5.41, 5.74) is 1.20. The van der Waals surface area contributed by atoms with Crippen molar-refractivity contribution in [1.29, 1.82) is 0 Å². The van der Waals surface area contributed by atoms with E-state index in [-0.39, 0.29) is 0 Å². The number of methoxy groups -OCH3 is 1. The summed E-state index contributed by atoms with van der Waals surface area (Å²) in [5.74, 6) is 0.884. The normalized spacial score (nSPS) is 18.1. The van der Waals surface area contributed by atoms with Gasteiger partial charge in [0.15, 0.2) is 0 Å². The van der Waals surface area contributed by atoms with Crippen molar-refractivity contribution in [2.24, 2.45) is 0 Å². The maximum atomic E-state index is 5.64. The maximum absolute atomic E-state index is 5.64. The molecule has 118 valence electrons. The highest BCUT2D eigenvalue weighted by atomic mass is 79.9. The molecule has 0 aliphatic carbocycles. The molecule has 1 heterocycles. The summed E-state index contributed by atoms with van der Waals surface area (Å²) in [6.45, 7) is 4.18. The molecule has 1 aromatic rings. The summed E-state index contributed by atoms with van der Waals surface area (Å²) >= 11 is 3.56. The van der Waals surface area contributed by atoms with Crippen molar-refractivity contribution >= 4 is 15.9 Å². The van der Waals surface area contributed by atoms with Gasteiger partial charge in [0.05, 0.1) is 19.8 Å². The number of ether oxygens (including phenoxy) is 3. The average Bonchev–Trinajstić information content (AvgIpc) is 3.01. The van der Waals surface area contributed by atoms with E-state index < -0.39 is 0 Å². The molecule has 5 heteroatoms. The first-order valence-electron chi connectivity index (χ1n) is 7.52. The molecule has 1 N–H and O–H groups in total. The molecule has 1 unspecified atom stereocenters. The molecule has 2 rings (SSSR count). The lowest BCUT2D eigenvalue weighted by Gasteiger charge is -2.11. The lowest BCUT2D eigenvalue weighted by atomic mass is 10.2. The molecule has 1 atom stereocenters. The minimum Gasteiger partial charge on any atom is -0.497 e. The van der Waals surface area contributed by atoms with Crippen molar-refractivity contribution in [2.45, 2.75) is 31.9 Å².